The van der Waals surface area contributed by atoms with Gasteiger partial charge in [-0.25, -0.2) is 4.98 Å². The van der Waals surface area contributed by atoms with Gasteiger partial charge in [0.05, 0.1) is 17.3 Å². The van der Waals surface area contributed by atoms with E-state index in [4.69, 9.17) is 16.9 Å². The second kappa shape index (κ2) is 7.98. The third-order valence-electron chi connectivity index (χ3n) is 3.76. The van der Waals surface area contributed by atoms with Gasteiger partial charge in [-0.2, -0.15) is 10.2 Å². The van der Waals surface area contributed by atoms with E-state index in [9.17, 15) is 4.79 Å². The fraction of sp³-hybridized carbons (Fsp3) is 0.211. The van der Waals surface area contributed by atoms with Crippen molar-refractivity contribution < 1.29 is 4.79 Å². The SMILES string of the molecule is CC(C)CN(NC(=O)c1ccnc2ccccc12)c1nc(C#N)ncc1Cl. The lowest BCUT2D eigenvalue weighted by atomic mass is 10.1. The normalized spacial score (nSPS) is 10.6. The van der Waals surface area contributed by atoms with Crippen LogP contribution in [0.3, 0.4) is 0 Å². The highest BCUT2D eigenvalue weighted by Crippen LogP contribution is 2.23. The predicted molar refractivity (Wildman–Crippen MR) is 103 cm³/mol. The van der Waals surface area contributed by atoms with Crippen molar-refractivity contribution in [3.8, 4) is 6.07 Å². The number of carbonyl (C=O) groups excluding carboxylic acids is 1. The maximum atomic E-state index is 13.0. The van der Waals surface area contributed by atoms with Gasteiger partial charge in [-0.3, -0.25) is 20.2 Å². The van der Waals surface area contributed by atoms with Crippen molar-refractivity contribution >= 4 is 34.2 Å². The van der Waals surface area contributed by atoms with Crippen LogP contribution >= 0.6 is 11.6 Å². The summed E-state index contributed by atoms with van der Waals surface area (Å²) < 4.78 is 0. The number of para-hydroxylation sites is 1. The molecule has 1 N–H and O–H groups in total. The van der Waals surface area contributed by atoms with E-state index in [1.807, 2.05) is 44.2 Å². The first kappa shape index (κ1) is 18.5. The number of fused-ring (bicyclic) bond motifs is 1. The van der Waals surface area contributed by atoms with Crippen LogP contribution in [-0.2, 0) is 0 Å². The van der Waals surface area contributed by atoms with Gasteiger partial charge in [-0.15, -0.1) is 0 Å². The number of nitrogens with zero attached hydrogens (tertiary/aromatic N) is 5. The number of aromatic nitrogens is 3. The quantitative estimate of drug-likeness (QED) is 0.682. The van der Waals surface area contributed by atoms with Crippen molar-refractivity contribution in [1.82, 2.24) is 20.4 Å². The fourth-order valence-electron chi connectivity index (χ4n) is 2.63. The molecule has 136 valence electrons. The maximum absolute atomic E-state index is 13.0. The maximum Gasteiger partial charge on any atom is 0.270 e. The zero-order chi connectivity index (χ0) is 19.4. The molecular weight excluding hydrogens is 364 g/mol. The molecule has 8 heteroatoms. The van der Waals surface area contributed by atoms with E-state index in [0.29, 0.717) is 12.1 Å². The minimum atomic E-state index is -0.317. The number of halogens is 1. The molecule has 2 aromatic heterocycles. The van der Waals surface area contributed by atoms with Gasteiger partial charge in [0.15, 0.2) is 5.82 Å². The average Bonchev–Trinajstić information content (AvgIpc) is 2.67. The molecule has 0 saturated heterocycles. The molecule has 1 amide bonds. The van der Waals surface area contributed by atoms with Crippen LogP contribution in [0.5, 0.6) is 0 Å². The molecule has 0 saturated carbocycles. The largest absolute Gasteiger partial charge is 0.270 e. The highest BCUT2D eigenvalue weighted by atomic mass is 35.5. The number of rotatable bonds is 5. The molecule has 0 spiro atoms. The molecule has 0 radical (unpaired) electrons. The molecular formula is C19H17ClN6O. The predicted octanol–water partition coefficient (Wildman–Crippen LogP) is 3.36. The molecule has 0 bridgehead atoms. The summed E-state index contributed by atoms with van der Waals surface area (Å²) >= 11 is 6.22. The number of hydrazine groups is 1. The fourth-order valence-corrected chi connectivity index (χ4v) is 2.82. The van der Waals surface area contributed by atoms with Gasteiger partial charge >= 0.3 is 0 Å². The van der Waals surface area contributed by atoms with E-state index in [-0.39, 0.29) is 28.5 Å². The summed E-state index contributed by atoms with van der Waals surface area (Å²) in [6, 6.07) is 11.0. The third-order valence-corrected chi connectivity index (χ3v) is 4.03. The highest BCUT2D eigenvalue weighted by molar-refractivity contribution is 6.32. The summed E-state index contributed by atoms with van der Waals surface area (Å²) in [7, 11) is 0. The van der Waals surface area contributed by atoms with Gasteiger partial charge in [0.2, 0.25) is 5.82 Å². The summed E-state index contributed by atoms with van der Waals surface area (Å²) in [5.41, 5.74) is 4.06. The van der Waals surface area contributed by atoms with Crippen LogP contribution in [0.15, 0.2) is 42.7 Å². The van der Waals surface area contributed by atoms with E-state index in [1.165, 1.54) is 6.20 Å². The van der Waals surface area contributed by atoms with Crippen LogP contribution in [-0.4, -0.2) is 27.4 Å². The summed E-state index contributed by atoms with van der Waals surface area (Å²) in [6.07, 6.45) is 2.94. The number of hydrogen-bond acceptors (Lipinski definition) is 6. The molecule has 0 atom stereocenters. The molecule has 0 aliphatic carbocycles. The minimum absolute atomic E-state index is 0.0215. The molecule has 7 nitrogen and oxygen atoms in total. The number of anilines is 1. The Hall–Kier alpha value is -3.24. The first-order chi connectivity index (χ1) is 13.0. The van der Waals surface area contributed by atoms with Crippen molar-refractivity contribution in [2.45, 2.75) is 13.8 Å². The van der Waals surface area contributed by atoms with E-state index in [1.54, 1.807) is 17.3 Å². The zero-order valence-electron chi connectivity index (χ0n) is 14.8. The molecule has 1 aromatic carbocycles. The Morgan fingerprint density at radius 2 is 2.07 bits per heavy atom. The van der Waals surface area contributed by atoms with E-state index >= 15 is 0 Å². The molecule has 0 aliphatic rings. The van der Waals surface area contributed by atoms with Crippen LogP contribution in [0.2, 0.25) is 5.02 Å². The van der Waals surface area contributed by atoms with Crippen LogP contribution in [0.1, 0.15) is 30.0 Å². The molecule has 3 rings (SSSR count). The second-order valence-corrected chi connectivity index (χ2v) is 6.71. The third kappa shape index (κ3) is 4.13. The zero-order valence-corrected chi connectivity index (χ0v) is 15.6. The number of amides is 1. The summed E-state index contributed by atoms with van der Waals surface area (Å²) in [4.78, 5) is 25.2. The Morgan fingerprint density at radius 1 is 1.30 bits per heavy atom. The first-order valence-electron chi connectivity index (χ1n) is 8.34. The van der Waals surface area contributed by atoms with E-state index in [0.717, 1.165) is 10.9 Å². The van der Waals surface area contributed by atoms with Crippen LogP contribution in [0.25, 0.3) is 10.9 Å². The van der Waals surface area contributed by atoms with Gasteiger partial charge in [0.25, 0.3) is 5.91 Å². The number of nitrogens with one attached hydrogen (secondary N) is 1. The highest BCUT2D eigenvalue weighted by Gasteiger charge is 2.20. The van der Waals surface area contributed by atoms with Gasteiger partial charge in [-0.05, 0) is 18.1 Å². The van der Waals surface area contributed by atoms with E-state index < -0.39 is 0 Å². The Morgan fingerprint density at radius 3 is 2.81 bits per heavy atom. The van der Waals surface area contributed by atoms with Crippen molar-refractivity contribution in [2.75, 3.05) is 11.6 Å². The van der Waals surface area contributed by atoms with Gasteiger partial charge < -0.3 is 0 Å². The average molecular weight is 381 g/mol. The Labute approximate surface area is 161 Å². The van der Waals surface area contributed by atoms with Crippen LogP contribution in [0, 0.1) is 17.2 Å². The monoisotopic (exact) mass is 380 g/mol. The molecule has 3 aromatic rings. The number of carbonyl (C=O) groups is 1. The number of pyridine rings is 1. The lowest BCUT2D eigenvalue weighted by Crippen LogP contribution is -2.45. The van der Waals surface area contributed by atoms with Crippen molar-refractivity contribution in [1.29, 1.82) is 5.26 Å². The van der Waals surface area contributed by atoms with Gasteiger partial charge in [0, 0.05) is 18.1 Å². The molecule has 0 fully saturated rings. The van der Waals surface area contributed by atoms with Crippen molar-refractivity contribution in [3.05, 3.63) is 59.1 Å². The molecule has 0 unspecified atom stereocenters. The smallest absolute Gasteiger partial charge is 0.267 e. The topological polar surface area (TPSA) is 94.8 Å². The standard InChI is InChI=1S/C19H17ClN6O/c1-12(2)11-26(18-15(20)10-23-17(9-21)24-18)25-19(27)14-7-8-22-16-6-4-3-5-13(14)16/h3-8,10,12H,11H2,1-2H3,(H,25,27). The van der Waals surface area contributed by atoms with E-state index in [2.05, 4.69) is 20.4 Å². The number of hydrogen-bond donors (Lipinski definition) is 1. The number of benzene rings is 1. The number of nitriles is 1. The summed E-state index contributed by atoms with van der Waals surface area (Å²) in [5.74, 6) is 0.147. The molecule has 0 aliphatic heterocycles. The minimum Gasteiger partial charge on any atom is -0.267 e. The van der Waals surface area contributed by atoms with Crippen molar-refractivity contribution in [3.63, 3.8) is 0 Å². The van der Waals surface area contributed by atoms with Crippen LogP contribution < -0.4 is 10.4 Å². The molecule has 2 heterocycles. The Kier molecular flexibility index (Phi) is 5.48. The second-order valence-electron chi connectivity index (χ2n) is 6.30. The Bertz CT molecular complexity index is 1020. The lowest BCUT2D eigenvalue weighted by molar-refractivity contribution is 0.0949. The van der Waals surface area contributed by atoms with Crippen LogP contribution in [0.4, 0.5) is 5.82 Å². The molecule has 27 heavy (non-hydrogen) atoms. The van der Waals surface area contributed by atoms with Crippen molar-refractivity contribution in [2.24, 2.45) is 5.92 Å². The first-order valence-corrected chi connectivity index (χ1v) is 8.72. The lowest BCUT2D eigenvalue weighted by Gasteiger charge is -2.26. The summed E-state index contributed by atoms with van der Waals surface area (Å²) in [5, 5.41) is 11.6. The van der Waals surface area contributed by atoms with Gasteiger partial charge in [0.1, 0.15) is 11.1 Å². The summed E-state index contributed by atoms with van der Waals surface area (Å²) in [6.45, 7) is 4.46. The van der Waals surface area contributed by atoms with Gasteiger partial charge in [-0.1, -0.05) is 43.6 Å². The Balaban J connectivity index is 1.97.